The zero-order valence-corrected chi connectivity index (χ0v) is 12.1. The van der Waals surface area contributed by atoms with Crippen molar-refractivity contribution in [2.75, 3.05) is 6.61 Å². The molecular weight excluding hydrogens is 284 g/mol. The summed E-state index contributed by atoms with van der Waals surface area (Å²) in [4.78, 5) is 10.7. The van der Waals surface area contributed by atoms with Gasteiger partial charge in [0.1, 0.15) is 0 Å². The highest BCUT2D eigenvalue weighted by molar-refractivity contribution is 5.92. The number of benzene rings is 1. The van der Waals surface area contributed by atoms with Gasteiger partial charge in [-0.05, 0) is 26.0 Å². The molecule has 0 aliphatic carbocycles. The van der Waals surface area contributed by atoms with Gasteiger partial charge in [-0.3, -0.25) is 0 Å². The van der Waals surface area contributed by atoms with E-state index in [1.807, 2.05) is 44.2 Å². The lowest BCUT2D eigenvalue weighted by Crippen LogP contribution is -2.12. The maximum Gasteiger partial charge on any atom is 0.341 e. The van der Waals surface area contributed by atoms with Crippen LogP contribution in [-0.4, -0.2) is 37.7 Å². The summed E-state index contributed by atoms with van der Waals surface area (Å²) in [6.07, 6.45) is 0. The van der Waals surface area contributed by atoms with Gasteiger partial charge in [0, 0.05) is 16.5 Å². The predicted molar refractivity (Wildman–Crippen MR) is 79.3 cm³/mol. The highest BCUT2D eigenvalue weighted by atomic mass is 16.5. The Hall–Kier alpha value is -2.96. The van der Waals surface area contributed by atoms with Crippen LogP contribution in [0.3, 0.4) is 0 Å². The summed E-state index contributed by atoms with van der Waals surface area (Å²) >= 11 is 0. The monoisotopic (exact) mass is 298 g/mol. The van der Waals surface area contributed by atoms with Gasteiger partial charge in [-0.25, -0.2) is 9.48 Å². The number of hydrogen-bond acceptors (Lipinski definition) is 5. The third-order valence-corrected chi connectivity index (χ3v) is 3.18. The molecule has 0 amide bonds. The Morgan fingerprint density at radius 1 is 1.23 bits per heavy atom. The molecular formula is C15H14N4O3. The minimum absolute atomic E-state index is 0.197. The summed E-state index contributed by atoms with van der Waals surface area (Å²) < 4.78 is 6.92. The van der Waals surface area contributed by atoms with Crippen LogP contribution in [-0.2, 0) is 4.79 Å². The third-order valence-electron chi connectivity index (χ3n) is 3.18. The Morgan fingerprint density at radius 3 is 2.59 bits per heavy atom. The van der Waals surface area contributed by atoms with E-state index >= 15 is 0 Å². The lowest BCUT2D eigenvalue weighted by Gasteiger charge is -2.10. The van der Waals surface area contributed by atoms with E-state index in [0.29, 0.717) is 11.2 Å². The SMILES string of the molecule is Cc1cc(C)n(-c2nnc(OCC(=O)O)c3ccccc23)n1. The molecule has 0 bridgehead atoms. The van der Waals surface area contributed by atoms with Gasteiger partial charge in [-0.2, -0.15) is 5.10 Å². The summed E-state index contributed by atoms with van der Waals surface area (Å²) in [6, 6.07) is 9.36. The first-order chi connectivity index (χ1) is 10.6. The molecule has 0 unspecified atom stereocenters. The Balaban J connectivity index is 2.16. The minimum Gasteiger partial charge on any atom is -0.479 e. The predicted octanol–water partition coefficient (Wildman–Crippen LogP) is 1.90. The molecule has 0 radical (unpaired) electrons. The number of nitrogens with zero attached hydrogens (tertiary/aromatic N) is 4. The Labute approximate surface area is 126 Å². The first-order valence-corrected chi connectivity index (χ1v) is 6.70. The van der Waals surface area contributed by atoms with Crippen LogP contribution in [0.4, 0.5) is 0 Å². The van der Waals surface area contributed by atoms with Gasteiger partial charge >= 0.3 is 5.97 Å². The zero-order chi connectivity index (χ0) is 15.7. The Kier molecular flexibility index (Phi) is 3.46. The lowest BCUT2D eigenvalue weighted by atomic mass is 10.2. The first kappa shape index (κ1) is 14.0. The summed E-state index contributed by atoms with van der Waals surface area (Å²) in [6.45, 7) is 3.38. The summed E-state index contributed by atoms with van der Waals surface area (Å²) in [7, 11) is 0. The number of fused-ring (bicyclic) bond motifs is 1. The molecule has 112 valence electrons. The van der Waals surface area contributed by atoms with Crippen LogP contribution >= 0.6 is 0 Å². The molecule has 0 aliphatic heterocycles. The number of carboxylic acid groups (broad SMARTS) is 1. The van der Waals surface area contributed by atoms with Gasteiger partial charge in [-0.1, -0.05) is 18.2 Å². The molecule has 2 aromatic heterocycles. The maximum absolute atomic E-state index is 10.7. The minimum atomic E-state index is -1.06. The lowest BCUT2D eigenvalue weighted by molar-refractivity contribution is -0.139. The molecule has 1 N–H and O–H groups in total. The van der Waals surface area contributed by atoms with Crippen LogP contribution in [0.5, 0.6) is 5.88 Å². The van der Waals surface area contributed by atoms with Crippen molar-refractivity contribution in [3.8, 4) is 11.7 Å². The maximum atomic E-state index is 10.7. The van der Waals surface area contributed by atoms with Crippen LogP contribution < -0.4 is 4.74 Å². The van der Waals surface area contributed by atoms with Crippen molar-refractivity contribution in [1.82, 2.24) is 20.0 Å². The second-order valence-electron chi connectivity index (χ2n) is 4.90. The standard InChI is InChI=1S/C15H14N4O3/c1-9-7-10(2)19(18-9)14-11-5-3-4-6-12(11)15(17-16-14)22-8-13(20)21/h3-7H,8H2,1-2H3,(H,20,21). The second kappa shape index (κ2) is 5.44. The molecule has 3 aromatic rings. The van der Waals surface area contributed by atoms with E-state index in [1.165, 1.54) is 0 Å². The van der Waals surface area contributed by atoms with Crippen molar-refractivity contribution in [2.45, 2.75) is 13.8 Å². The molecule has 7 heteroatoms. The number of aliphatic carboxylic acids is 1. The molecule has 2 heterocycles. The van der Waals surface area contributed by atoms with E-state index < -0.39 is 12.6 Å². The van der Waals surface area contributed by atoms with E-state index in [9.17, 15) is 4.79 Å². The largest absolute Gasteiger partial charge is 0.479 e. The highest BCUT2D eigenvalue weighted by Crippen LogP contribution is 2.27. The molecule has 0 fully saturated rings. The number of carboxylic acids is 1. The molecule has 0 atom stereocenters. The van der Waals surface area contributed by atoms with E-state index in [1.54, 1.807) is 4.68 Å². The fourth-order valence-electron chi connectivity index (χ4n) is 2.30. The van der Waals surface area contributed by atoms with Crippen LogP contribution in [0.2, 0.25) is 0 Å². The molecule has 0 saturated carbocycles. The van der Waals surface area contributed by atoms with Crippen molar-refractivity contribution < 1.29 is 14.6 Å². The van der Waals surface area contributed by atoms with Gasteiger partial charge < -0.3 is 9.84 Å². The summed E-state index contributed by atoms with van der Waals surface area (Å²) in [5.74, 6) is -0.277. The number of carbonyl (C=O) groups is 1. The van der Waals surface area contributed by atoms with Crippen molar-refractivity contribution in [3.63, 3.8) is 0 Å². The van der Waals surface area contributed by atoms with Gasteiger partial charge in [0.2, 0.25) is 5.88 Å². The van der Waals surface area contributed by atoms with E-state index in [2.05, 4.69) is 15.3 Å². The normalized spacial score (nSPS) is 10.8. The highest BCUT2D eigenvalue weighted by Gasteiger charge is 2.14. The molecule has 0 aliphatic rings. The van der Waals surface area contributed by atoms with Crippen LogP contribution in [0.1, 0.15) is 11.4 Å². The zero-order valence-electron chi connectivity index (χ0n) is 12.1. The molecule has 1 aromatic carbocycles. The van der Waals surface area contributed by atoms with Gasteiger partial charge in [-0.15, -0.1) is 10.2 Å². The average molecular weight is 298 g/mol. The first-order valence-electron chi connectivity index (χ1n) is 6.70. The van der Waals surface area contributed by atoms with E-state index in [0.717, 1.165) is 16.8 Å². The summed E-state index contributed by atoms with van der Waals surface area (Å²) in [5.41, 5.74) is 1.82. The Bertz CT molecular complexity index is 857. The van der Waals surface area contributed by atoms with Crippen LogP contribution in [0.15, 0.2) is 30.3 Å². The smallest absolute Gasteiger partial charge is 0.341 e. The van der Waals surface area contributed by atoms with E-state index in [4.69, 9.17) is 9.84 Å². The number of aromatic nitrogens is 4. The topological polar surface area (TPSA) is 90.1 Å². The van der Waals surface area contributed by atoms with Gasteiger partial charge in [0.15, 0.2) is 12.4 Å². The molecule has 0 saturated heterocycles. The van der Waals surface area contributed by atoms with Gasteiger partial charge in [0.25, 0.3) is 0 Å². The molecule has 7 nitrogen and oxygen atoms in total. The fourth-order valence-corrected chi connectivity index (χ4v) is 2.30. The van der Waals surface area contributed by atoms with Crippen LogP contribution in [0.25, 0.3) is 16.6 Å². The van der Waals surface area contributed by atoms with Crippen molar-refractivity contribution >= 4 is 16.7 Å². The number of rotatable bonds is 4. The third kappa shape index (κ3) is 2.48. The van der Waals surface area contributed by atoms with Crippen molar-refractivity contribution in [1.29, 1.82) is 0 Å². The van der Waals surface area contributed by atoms with Crippen LogP contribution in [0, 0.1) is 13.8 Å². The number of ether oxygens (including phenoxy) is 1. The number of hydrogen-bond donors (Lipinski definition) is 1. The quantitative estimate of drug-likeness (QED) is 0.791. The molecule has 3 rings (SSSR count). The fraction of sp³-hybridized carbons (Fsp3) is 0.200. The van der Waals surface area contributed by atoms with Crippen molar-refractivity contribution in [3.05, 3.63) is 41.7 Å². The average Bonchev–Trinajstić information content (AvgIpc) is 2.83. The molecule has 0 spiro atoms. The van der Waals surface area contributed by atoms with Crippen molar-refractivity contribution in [2.24, 2.45) is 0 Å². The van der Waals surface area contributed by atoms with Gasteiger partial charge in [0.05, 0.1) is 5.69 Å². The number of aryl methyl sites for hydroxylation is 2. The summed E-state index contributed by atoms with van der Waals surface area (Å²) in [5, 5.41) is 22.8. The second-order valence-corrected chi connectivity index (χ2v) is 4.90. The Morgan fingerprint density at radius 2 is 1.95 bits per heavy atom. The van der Waals surface area contributed by atoms with E-state index in [-0.39, 0.29) is 5.88 Å². The molecule has 22 heavy (non-hydrogen) atoms.